The molecule has 0 saturated heterocycles. The minimum absolute atomic E-state index is 0.0953. The van der Waals surface area contributed by atoms with Crippen LogP contribution in [0.15, 0.2) is 33.7 Å². The Kier molecular flexibility index (Phi) is 3.36. The van der Waals surface area contributed by atoms with E-state index in [2.05, 4.69) is 0 Å². The maximum atomic E-state index is 12.3. The first kappa shape index (κ1) is 13.0. The van der Waals surface area contributed by atoms with Gasteiger partial charge in [0.1, 0.15) is 0 Å². The summed E-state index contributed by atoms with van der Waals surface area (Å²) < 4.78 is 46.5. The van der Waals surface area contributed by atoms with Crippen molar-refractivity contribution in [3.63, 3.8) is 0 Å². The van der Waals surface area contributed by atoms with Crippen molar-refractivity contribution in [3.05, 3.63) is 34.7 Å². The van der Waals surface area contributed by atoms with Gasteiger partial charge in [0.15, 0.2) is 0 Å². The van der Waals surface area contributed by atoms with E-state index in [9.17, 15) is 18.0 Å². The van der Waals surface area contributed by atoms with E-state index in [1.165, 1.54) is 19.2 Å². The Labute approximate surface area is 106 Å². The fourth-order valence-electron chi connectivity index (χ4n) is 1.41. The summed E-state index contributed by atoms with van der Waals surface area (Å²) in [5, 5.41) is -4.29. The summed E-state index contributed by atoms with van der Waals surface area (Å²) in [6.07, 6.45) is 0.880. The summed E-state index contributed by atoms with van der Waals surface area (Å²) in [6.45, 7) is 0. The molecule has 0 unspecified atom stereocenters. The predicted octanol–water partition coefficient (Wildman–Crippen LogP) is 1.65. The average molecular weight is 323 g/mol. The second-order valence-electron chi connectivity index (χ2n) is 3.34. The van der Waals surface area contributed by atoms with Crippen LogP contribution in [0.1, 0.15) is 0 Å². The van der Waals surface area contributed by atoms with Crippen LogP contribution in [0.4, 0.5) is 13.2 Å². The molecule has 1 aromatic carbocycles. The normalized spacial score (nSPS) is 11.8. The number of hydrogen-bond acceptors (Lipinski definition) is 3. The standard InChI is InChI=1S/C11H7F3O3Se/c1-16-6-2-3-8-7(4-6)10(15)9(5-17-8)18-11(12,13)14/h2-5H,1H3. The maximum absolute atomic E-state index is 12.3. The molecule has 0 N–H and O–H groups in total. The zero-order valence-corrected chi connectivity index (χ0v) is 10.8. The van der Waals surface area contributed by atoms with Crippen molar-refractivity contribution in [2.75, 3.05) is 7.11 Å². The quantitative estimate of drug-likeness (QED) is 0.789. The molecule has 0 atom stereocenters. The Balaban J connectivity index is 2.59. The Morgan fingerprint density at radius 3 is 2.67 bits per heavy atom. The van der Waals surface area contributed by atoms with Gasteiger partial charge in [-0.3, -0.25) is 0 Å². The van der Waals surface area contributed by atoms with Crippen molar-refractivity contribution in [2.24, 2.45) is 0 Å². The molecule has 0 amide bonds. The molecule has 0 aliphatic heterocycles. The van der Waals surface area contributed by atoms with Crippen molar-refractivity contribution in [1.29, 1.82) is 0 Å². The molecule has 0 aliphatic carbocycles. The summed E-state index contributed by atoms with van der Waals surface area (Å²) in [7, 11) is 1.41. The van der Waals surface area contributed by atoms with Gasteiger partial charge in [0.25, 0.3) is 0 Å². The van der Waals surface area contributed by atoms with Crippen molar-refractivity contribution < 1.29 is 22.3 Å². The summed E-state index contributed by atoms with van der Waals surface area (Å²) in [5.74, 6) is 0.395. The van der Waals surface area contributed by atoms with E-state index in [1.54, 1.807) is 6.07 Å². The van der Waals surface area contributed by atoms with Gasteiger partial charge >= 0.3 is 105 Å². The minimum atomic E-state index is -4.38. The zero-order valence-electron chi connectivity index (χ0n) is 9.08. The number of fused-ring (bicyclic) bond motifs is 1. The Bertz CT molecular complexity index is 633. The number of methoxy groups -OCH3 is 1. The first-order valence-electron chi connectivity index (χ1n) is 4.76. The van der Waals surface area contributed by atoms with E-state index in [0.29, 0.717) is 5.75 Å². The molecule has 0 radical (unpaired) electrons. The first-order valence-corrected chi connectivity index (χ1v) is 6.47. The number of hydrogen-bond donors (Lipinski definition) is 0. The molecule has 3 nitrogen and oxygen atoms in total. The molecule has 0 bridgehead atoms. The SMILES string of the molecule is COc1ccc2occ([Se]C(F)(F)F)c(=O)c2c1. The van der Waals surface area contributed by atoms with Crippen LogP contribution in [0.5, 0.6) is 5.75 Å². The van der Waals surface area contributed by atoms with E-state index < -0.39 is 25.5 Å². The molecule has 18 heavy (non-hydrogen) atoms. The van der Waals surface area contributed by atoms with Gasteiger partial charge in [-0.1, -0.05) is 0 Å². The Morgan fingerprint density at radius 1 is 1.33 bits per heavy atom. The summed E-state index contributed by atoms with van der Waals surface area (Å²) in [6, 6.07) is 4.43. The van der Waals surface area contributed by atoms with Gasteiger partial charge in [-0.2, -0.15) is 0 Å². The van der Waals surface area contributed by atoms with E-state index in [4.69, 9.17) is 9.15 Å². The predicted molar refractivity (Wildman–Crippen MR) is 60.5 cm³/mol. The molecule has 1 aromatic heterocycles. The molecule has 0 saturated carbocycles. The van der Waals surface area contributed by atoms with Crippen LogP contribution in [0.3, 0.4) is 0 Å². The van der Waals surface area contributed by atoms with Crippen molar-refractivity contribution in [2.45, 2.75) is 5.07 Å². The fraction of sp³-hybridized carbons (Fsp3) is 0.182. The van der Waals surface area contributed by atoms with Gasteiger partial charge in [0.05, 0.1) is 0 Å². The molecule has 0 spiro atoms. The van der Waals surface area contributed by atoms with Crippen LogP contribution < -0.4 is 14.6 Å². The van der Waals surface area contributed by atoms with Gasteiger partial charge < -0.3 is 0 Å². The molecule has 96 valence electrons. The second kappa shape index (κ2) is 4.66. The number of halogens is 3. The third-order valence-corrected chi connectivity index (χ3v) is 3.71. The topological polar surface area (TPSA) is 39.4 Å². The van der Waals surface area contributed by atoms with Crippen molar-refractivity contribution in [1.82, 2.24) is 0 Å². The number of alkyl halides is 3. The average Bonchev–Trinajstić information content (AvgIpc) is 2.31. The van der Waals surface area contributed by atoms with E-state index in [-0.39, 0.29) is 15.4 Å². The van der Waals surface area contributed by atoms with Crippen molar-refractivity contribution in [3.8, 4) is 5.75 Å². The summed E-state index contributed by atoms with van der Waals surface area (Å²) >= 11 is -1.91. The third kappa shape index (κ3) is 2.68. The van der Waals surface area contributed by atoms with Crippen LogP contribution in [-0.2, 0) is 0 Å². The van der Waals surface area contributed by atoms with E-state index >= 15 is 0 Å². The molecule has 2 aromatic rings. The van der Waals surface area contributed by atoms with E-state index in [0.717, 1.165) is 6.26 Å². The van der Waals surface area contributed by atoms with Crippen LogP contribution in [0.2, 0.25) is 0 Å². The second-order valence-corrected chi connectivity index (χ2v) is 5.66. The zero-order chi connectivity index (χ0) is 13.3. The summed E-state index contributed by atoms with van der Waals surface area (Å²) in [4.78, 5) is 11.9. The molecular weight excluding hydrogens is 316 g/mol. The Morgan fingerprint density at radius 2 is 2.06 bits per heavy atom. The molecule has 0 fully saturated rings. The number of benzene rings is 1. The monoisotopic (exact) mass is 324 g/mol. The number of rotatable bonds is 2. The van der Waals surface area contributed by atoms with Gasteiger partial charge in [0, 0.05) is 0 Å². The summed E-state index contributed by atoms with van der Waals surface area (Å²) in [5.41, 5.74) is -0.421. The van der Waals surface area contributed by atoms with Gasteiger partial charge in [-0.15, -0.1) is 0 Å². The number of ether oxygens (including phenoxy) is 1. The van der Waals surface area contributed by atoms with Crippen LogP contribution in [-0.4, -0.2) is 27.1 Å². The molecule has 7 heteroatoms. The van der Waals surface area contributed by atoms with Crippen LogP contribution in [0.25, 0.3) is 11.0 Å². The van der Waals surface area contributed by atoms with Crippen LogP contribution >= 0.6 is 0 Å². The first-order chi connectivity index (χ1) is 8.40. The van der Waals surface area contributed by atoms with Gasteiger partial charge in [-0.05, 0) is 0 Å². The van der Waals surface area contributed by atoms with E-state index in [1.807, 2.05) is 0 Å². The fourth-order valence-corrected chi connectivity index (χ4v) is 2.56. The Hall–Kier alpha value is -1.46. The van der Waals surface area contributed by atoms with Crippen molar-refractivity contribution >= 4 is 30.4 Å². The van der Waals surface area contributed by atoms with Gasteiger partial charge in [-0.25, -0.2) is 0 Å². The molecule has 1 heterocycles. The molecular formula is C11H7F3O3Se. The third-order valence-electron chi connectivity index (χ3n) is 2.17. The molecule has 2 rings (SSSR count). The molecule has 0 aliphatic rings. The van der Waals surface area contributed by atoms with Crippen LogP contribution in [0, 0.1) is 0 Å². The van der Waals surface area contributed by atoms with Gasteiger partial charge in [0.2, 0.25) is 0 Å².